The largest absolute Gasteiger partial charge is 0.482 e. The average Bonchev–Trinajstić information content (AvgIpc) is 3.27. The Labute approximate surface area is 244 Å². The summed E-state index contributed by atoms with van der Waals surface area (Å²) < 4.78 is 12.3. The van der Waals surface area contributed by atoms with Gasteiger partial charge in [-0.3, -0.25) is 14.2 Å². The summed E-state index contributed by atoms with van der Waals surface area (Å²) in [5, 5.41) is 3.48. The van der Waals surface area contributed by atoms with Crippen molar-refractivity contribution in [3.63, 3.8) is 0 Å². The number of rotatable bonds is 8. The average molecular weight is 588 g/mol. The topological polar surface area (TPSA) is 99.0 Å². The summed E-state index contributed by atoms with van der Waals surface area (Å²) in [6, 6.07) is 22.5. The highest BCUT2D eigenvalue weighted by molar-refractivity contribution is 7.07. The molecule has 1 atom stereocenters. The molecule has 208 valence electrons. The Morgan fingerprint density at radius 2 is 1.76 bits per heavy atom. The second-order valence-corrected chi connectivity index (χ2v) is 10.6. The van der Waals surface area contributed by atoms with Gasteiger partial charge in [0, 0.05) is 10.7 Å². The molecule has 0 saturated heterocycles. The van der Waals surface area contributed by atoms with Crippen molar-refractivity contribution in [3.05, 3.63) is 126 Å². The first kappa shape index (κ1) is 28.1. The maximum absolute atomic E-state index is 13.8. The van der Waals surface area contributed by atoms with Crippen LogP contribution in [0.4, 0.5) is 5.69 Å². The number of para-hydroxylation sites is 1. The van der Waals surface area contributed by atoms with E-state index in [4.69, 9.17) is 21.1 Å². The number of esters is 1. The Balaban J connectivity index is 1.52. The van der Waals surface area contributed by atoms with E-state index in [1.165, 1.54) is 11.3 Å². The lowest BCUT2D eigenvalue weighted by Gasteiger charge is -2.25. The van der Waals surface area contributed by atoms with Crippen molar-refractivity contribution >= 4 is 46.6 Å². The van der Waals surface area contributed by atoms with Crippen LogP contribution in [-0.2, 0) is 14.3 Å². The molecule has 4 aromatic rings. The van der Waals surface area contributed by atoms with Crippen molar-refractivity contribution in [2.75, 3.05) is 18.5 Å². The Kier molecular flexibility index (Phi) is 8.47. The number of aromatic nitrogens is 1. The standard InChI is InChI=1S/C31H26ClN3O5S/c1-3-39-26(36)18-40-24-15-9-20(10-16-24)17-25-30(38)35-28(21-11-13-22(32)14-12-21)27(19(2)33-31(35)41-25)29(37)34-23-7-5-4-6-8-23/h4-17,28H,3,18H2,1-2H3,(H,34,37)/b25-17-/t28-/m0/s1. The molecule has 41 heavy (non-hydrogen) atoms. The number of hydrogen-bond donors (Lipinski definition) is 1. The predicted octanol–water partition coefficient (Wildman–Crippen LogP) is 4.47. The first-order valence-corrected chi connectivity index (χ1v) is 14.1. The van der Waals surface area contributed by atoms with E-state index in [1.807, 2.05) is 30.3 Å². The molecular weight excluding hydrogens is 562 g/mol. The molecule has 1 N–H and O–H groups in total. The van der Waals surface area contributed by atoms with Gasteiger partial charge in [0.1, 0.15) is 5.75 Å². The van der Waals surface area contributed by atoms with Gasteiger partial charge >= 0.3 is 5.97 Å². The first-order chi connectivity index (χ1) is 19.8. The van der Waals surface area contributed by atoms with Gasteiger partial charge in [0.2, 0.25) is 0 Å². The van der Waals surface area contributed by atoms with Crippen LogP contribution in [-0.4, -0.2) is 29.7 Å². The number of anilines is 1. The minimum atomic E-state index is -0.701. The molecule has 1 amide bonds. The minimum Gasteiger partial charge on any atom is -0.482 e. The van der Waals surface area contributed by atoms with E-state index in [-0.39, 0.29) is 24.7 Å². The third kappa shape index (κ3) is 6.32. The zero-order valence-corrected chi connectivity index (χ0v) is 23.9. The maximum atomic E-state index is 13.8. The number of allylic oxidation sites excluding steroid dienone is 1. The molecule has 8 nitrogen and oxygen atoms in total. The molecule has 10 heteroatoms. The van der Waals surface area contributed by atoms with Crippen LogP contribution in [0, 0.1) is 0 Å². The van der Waals surface area contributed by atoms with E-state index < -0.39 is 12.0 Å². The van der Waals surface area contributed by atoms with Gasteiger partial charge < -0.3 is 14.8 Å². The Morgan fingerprint density at radius 1 is 1.05 bits per heavy atom. The highest BCUT2D eigenvalue weighted by Gasteiger charge is 2.32. The minimum absolute atomic E-state index is 0.185. The zero-order valence-electron chi connectivity index (χ0n) is 22.3. The number of amides is 1. The fourth-order valence-electron chi connectivity index (χ4n) is 4.45. The lowest BCUT2D eigenvalue weighted by Crippen LogP contribution is -2.40. The first-order valence-electron chi connectivity index (χ1n) is 12.9. The Bertz CT molecular complexity index is 1790. The molecule has 0 spiro atoms. The van der Waals surface area contributed by atoms with Crippen molar-refractivity contribution in [1.82, 2.24) is 4.57 Å². The number of carbonyl (C=O) groups excluding carboxylic acids is 2. The number of halogens is 1. The lowest BCUT2D eigenvalue weighted by atomic mass is 9.95. The quantitative estimate of drug-likeness (QED) is 0.307. The van der Waals surface area contributed by atoms with Crippen molar-refractivity contribution in [1.29, 1.82) is 0 Å². The van der Waals surface area contributed by atoms with Crippen LogP contribution in [0.3, 0.4) is 0 Å². The summed E-state index contributed by atoms with van der Waals surface area (Å²) in [5.41, 5.74) is 2.76. The number of hydrogen-bond acceptors (Lipinski definition) is 7. The van der Waals surface area contributed by atoms with E-state index in [0.29, 0.717) is 37.1 Å². The van der Waals surface area contributed by atoms with Gasteiger partial charge in [-0.15, -0.1) is 0 Å². The van der Waals surface area contributed by atoms with Crippen LogP contribution < -0.4 is 24.9 Å². The number of ether oxygens (including phenoxy) is 2. The molecule has 2 heterocycles. The zero-order chi connectivity index (χ0) is 28.9. The molecular formula is C31H26ClN3O5S. The summed E-state index contributed by atoms with van der Waals surface area (Å²) in [4.78, 5) is 44.1. The molecule has 0 saturated carbocycles. The van der Waals surface area contributed by atoms with E-state index >= 15 is 0 Å². The van der Waals surface area contributed by atoms with Crippen LogP contribution in [0.5, 0.6) is 5.75 Å². The Morgan fingerprint density at radius 3 is 2.44 bits per heavy atom. The Hall–Kier alpha value is -4.47. The van der Waals surface area contributed by atoms with Crippen molar-refractivity contribution in [3.8, 4) is 5.75 Å². The van der Waals surface area contributed by atoms with E-state index in [0.717, 1.165) is 11.1 Å². The third-order valence-corrected chi connectivity index (χ3v) is 7.56. The monoisotopic (exact) mass is 587 g/mol. The second kappa shape index (κ2) is 12.4. The predicted molar refractivity (Wildman–Crippen MR) is 159 cm³/mol. The molecule has 0 fully saturated rings. The highest BCUT2D eigenvalue weighted by atomic mass is 35.5. The van der Waals surface area contributed by atoms with E-state index in [1.54, 1.807) is 73.0 Å². The molecule has 1 aliphatic heterocycles. The molecule has 1 aromatic heterocycles. The second-order valence-electron chi connectivity index (χ2n) is 9.12. The van der Waals surface area contributed by atoms with Gasteiger partial charge in [-0.2, -0.15) is 0 Å². The smallest absolute Gasteiger partial charge is 0.344 e. The summed E-state index contributed by atoms with van der Waals surface area (Å²) in [7, 11) is 0. The van der Waals surface area contributed by atoms with Crippen molar-refractivity contribution < 1.29 is 19.1 Å². The number of carbonyl (C=O) groups is 2. The maximum Gasteiger partial charge on any atom is 0.344 e. The number of benzene rings is 3. The van der Waals surface area contributed by atoms with Crippen LogP contribution >= 0.6 is 22.9 Å². The molecule has 0 bridgehead atoms. The van der Waals surface area contributed by atoms with Gasteiger partial charge in [-0.05, 0) is 67.4 Å². The number of nitrogens with zero attached hydrogens (tertiary/aromatic N) is 2. The molecule has 0 aliphatic carbocycles. The third-order valence-electron chi connectivity index (χ3n) is 6.32. The van der Waals surface area contributed by atoms with E-state index in [9.17, 15) is 14.4 Å². The van der Waals surface area contributed by atoms with Crippen LogP contribution in [0.25, 0.3) is 6.08 Å². The SMILES string of the molecule is CCOC(=O)COc1ccc(/C=c2\sc3n(c2=O)[C@@H](c2ccc(Cl)cc2)C(C(=O)Nc2ccccc2)=C(C)N=3)cc1. The number of thiazole rings is 1. The normalized spacial score (nSPS) is 14.7. The number of nitrogens with one attached hydrogen (secondary N) is 1. The van der Waals surface area contributed by atoms with Gasteiger partial charge in [0.15, 0.2) is 11.4 Å². The highest BCUT2D eigenvalue weighted by Crippen LogP contribution is 2.31. The van der Waals surface area contributed by atoms with Gasteiger partial charge in [0.25, 0.3) is 11.5 Å². The lowest BCUT2D eigenvalue weighted by molar-refractivity contribution is -0.145. The van der Waals surface area contributed by atoms with Crippen LogP contribution in [0.15, 0.2) is 99.9 Å². The van der Waals surface area contributed by atoms with Crippen LogP contribution in [0.1, 0.15) is 31.0 Å². The number of fused-ring (bicyclic) bond motifs is 1. The van der Waals surface area contributed by atoms with Gasteiger partial charge in [-0.1, -0.05) is 65.4 Å². The summed E-state index contributed by atoms with van der Waals surface area (Å²) in [6.45, 7) is 3.61. The van der Waals surface area contributed by atoms with Gasteiger partial charge in [0.05, 0.1) is 28.5 Å². The molecule has 0 unspecified atom stereocenters. The van der Waals surface area contributed by atoms with Crippen molar-refractivity contribution in [2.45, 2.75) is 19.9 Å². The fourth-order valence-corrected chi connectivity index (χ4v) is 5.62. The van der Waals surface area contributed by atoms with Crippen molar-refractivity contribution in [2.24, 2.45) is 4.99 Å². The molecule has 0 radical (unpaired) electrons. The molecule has 3 aromatic carbocycles. The van der Waals surface area contributed by atoms with Crippen LogP contribution in [0.2, 0.25) is 5.02 Å². The fraction of sp³-hybridized carbons (Fsp3) is 0.161. The van der Waals surface area contributed by atoms with Gasteiger partial charge in [-0.25, -0.2) is 9.79 Å². The molecule has 5 rings (SSSR count). The summed E-state index contributed by atoms with van der Waals surface area (Å²) >= 11 is 7.41. The summed E-state index contributed by atoms with van der Waals surface area (Å²) in [5.74, 6) is -0.283. The van der Waals surface area contributed by atoms with E-state index in [2.05, 4.69) is 10.3 Å². The summed E-state index contributed by atoms with van der Waals surface area (Å²) in [6.07, 6.45) is 1.76. The molecule has 1 aliphatic rings.